The molecule has 0 saturated heterocycles. The molecule has 0 spiro atoms. The largest absolute Gasteiger partial charge is 0.337 e. The van der Waals surface area contributed by atoms with Gasteiger partial charge in [-0.3, -0.25) is 4.79 Å². The number of carbonyl (C=O) groups excluding carboxylic acids is 1. The Morgan fingerprint density at radius 3 is 2.41 bits per heavy atom. The molecule has 1 atom stereocenters. The van der Waals surface area contributed by atoms with Crippen molar-refractivity contribution in [2.24, 2.45) is 5.73 Å². The molecule has 1 saturated carbocycles. The molecule has 2 N–H and O–H groups in total. The zero-order chi connectivity index (χ0) is 12.5. The highest BCUT2D eigenvalue weighted by atomic mass is 16.2. The molecule has 1 aromatic carbocycles. The number of amides is 1. The van der Waals surface area contributed by atoms with Gasteiger partial charge in [0.05, 0.1) is 11.6 Å². The predicted octanol–water partition coefficient (Wildman–Crippen LogP) is 2.09. The lowest BCUT2D eigenvalue weighted by atomic mass is 9.76. The van der Waals surface area contributed by atoms with Crippen molar-refractivity contribution in [1.29, 1.82) is 0 Å². The van der Waals surface area contributed by atoms with Gasteiger partial charge in [-0.1, -0.05) is 30.3 Å². The van der Waals surface area contributed by atoms with Gasteiger partial charge in [-0.15, -0.1) is 0 Å². The molecule has 1 fully saturated rings. The van der Waals surface area contributed by atoms with E-state index in [4.69, 9.17) is 5.73 Å². The summed E-state index contributed by atoms with van der Waals surface area (Å²) >= 11 is 0. The SMILES string of the molecule is CC(c1ccccc1)N(C)C(=O)C1(N)CCC1. The lowest BCUT2D eigenvalue weighted by Crippen LogP contribution is -2.59. The molecule has 3 nitrogen and oxygen atoms in total. The monoisotopic (exact) mass is 232 g/mol. The third-order valence-corrected chi connectivity index (χ3v) is 3.85. The molecule has 0 bridgehead atoms. The molecule has 17 heavy (non-hydrogen) atoms. The number of hydrogen-bond donors (Lipinski definition) is 1. The van der Waals surface area contributed by atoms with Crippen molar-refractivity contribution in [3.63, 3.8) is 0 Å². The van der Waals surface area contributed by atoms with Crippen LogP contribution < -0.4 is 5.73 Å². The minimum Gasteiger partial charge on any atom is -0.337 e. The number of rotatable bonds is 3. The Morgan fingerprint density at radius 2 is 1.94 bits per heavy atom. The third-order valence-electron chi connectivity index (χ3n) is 3.85. The Bertz CT molecular complexity index is 398. The fourth-order valence-electron chi connectivity index (χ4n) is 2.25. The average Bonchev–Trinajstić information content (AvgIpc) is 2.34. The molecule has 1 unspecified atom stereocenters. The third kappa shape index (κ3) is 2.20. The van der Waals surface area contributed by atoms with Gasteiger partial charge in [-0.25, -0.2) is 0 Å². The number of nitrogens with two attached hydrogens (primary N) is 1. The molecule has 92 valence electrons. The van der Waals surface area contributed by atoms with E-state index < -0.39 is 5.54 Å². The van der Waals surface area contributed by atoms with Crippen molar-refractivity contribution in [3.05, 3.63) is 35.9 Å². The maximum absolute atomic E-state index is 12.3. The van der Waals surface area contributed by atoms with Gasteiger partial charge in [0.1, 0.15) is 0 Å². The summed E-state index contributed by atoms with van der Waals surface area (Å²) in [6.07, 6.45) is 2.70. The van der Waals surface area contributed by atoms with Gasteiger partial charge in [-0.2, -0.15) is 0 Å². The van der Waals surface area contributed by atoms with Gasteiger partial charge in [0, 0.05) is 7.05 Å². The van der Waals surface area contributed by atoms with Crippen LogP contribution in [0.5, 0.6) is 0 Å². The Kier molecular flexibility index (Phi) is 3.20. The van der Waals surface area contributed by atoms with E-state index in [0.717, 1.165) is 24.8 Å². The van der Waals surface area contributed by atoms with Crippen molar-refractivity contribution in [2.75, 3.05) is 7.05 Å². The van der Waals surface area contributed by atoms with Gasteiger partial charge in [0.2, 0.25) is 5.91 Å². The maximum atomic E-state index is 12.3. The second-order valence-corrected chi connectivity index (χ2v) is 5.01. The molecule has 0 aliphatic heterocycles. The Labute approximate surface area is 103 Å². The summed E-state index contributed by atoms with van der Waals surface area (Å²) in [6, 6.07) is 10.1. The molecule has 1 aromatic rings. The lowest BCUT2D eigenvalue weighted by Gasteiger charge is -2.41. The van der Waals surface area contributed by atoms with Gasteiger partial charge >= 0.3 is 0 Å². The van der Waals surface area contributed by atoms with Crippen molar-refractivity contribution in [3.8, 4) is 0 Å². The van der Waals surface area contributed by atoms with Crippen molar-refractivity contribution in [1.82, 2.24) is 4.90 Å². The molecule has 1 amide bonds. The summed E-state index contributed by atoms with van der Waals surface area (Å²) in [5, 5.41) is 0. The number of carbonyl (C=O) groups is 1. The zero-order valence-corrected chi connectivity index (χ0v) is 10.5. The van der Waals surface area contributed by atoms with E-state index in [1.54, 1.807) is 4.90 Å². The van der Waals surface area contributed by atoms with E-state index in [9.17, 15) is 4.79 Å². The summed E-state index contributed by atoms with van der Waals surface area (Å²) in [6.45, 7) is 2.04. The Hall–Kier alpha value is -1.35. The van der Waals surface area contributed by atoms with Crippen LogP contribution in [0.15, 0.2) is 30.3 Å². The van der Waals surface area contributed by atoms with Crippen LogP contribution in [0.25, 0.3) is 0 Å². The molecule has 1 aliphatic rings. The van der Waals surface area contributed by atoms with E-state index in [1.807, 2.05) is 44.3 Å². The van der Waals surface area contributed by atoms with E-state index in [0.29, 0.717) is 0 Å². The second kappa shape index (κ2) is 4.49. The van der Waals surface area contributed by atoms with Gasteiger partial charge < -0.3 is 10.6 Å². The number of nitrogens with zero attached hydrogens (tertiary/aromatic N) is 1. The minimum atomic E-state index is -0.599. The Balaban J connectivity index is 2.10. The van der Waals surface area contributed by atoms with Crippen LogP contribution in [0, 0.1) is 0 Å². The molecule has 0 radical (unpaired) electrons. The highest BCUT2D eigenvalue weighted by Gasteiger charge is 2.42. The molecule has 3 heteroatoms. The van der Waals surface area contributed by atoms with Crippen molar-refractivity contribution in [2.45, 2.75) is 37.8 Å². The van der Waals surface area contributed by atoms with Crippen LogP contribution in [-0.4, -0.2) is 23.4 Å². The van der Waals surface area contributed by atoms with E-state index in [-0.39, 0.29) is 11.9 Å². The predicted molar refractivity (Wildman–Crippen MR) is 68.4 cm³/mol. The number of likely N-dealkylation sites (N-methyl/N-ethyl adjacent to an activating group) is 1. The summed E-state index contributed by atoms with van der Waals surface area (Å²) < 4.78 is 0. The normalized spacial score (nSPS) is 19.2. The summed E-state index contributed by atoms with van der Waals surface area (Å²) in [7, 11) is 1.84. The first kappa shape index (κ1) is 12.1. The second-order valence-electron chi connectivity index (χ2n) is 5.01. The molecule has 0 heterocycles. The van der Waals surface area contributed by atoms with Crippen LogP contribution in [0.4, 0.5) is 0 Å². The fraction of sp³-hybridized carbons (Fsp3) is 0.500. The summed E-state index contributed by atoms with van der Waals surface area (Å²) in [5.41, 5.74) is 6.62. The lowest BCUT2D eigenvalue weighted by molar-refractivity contribution is -0.140. The first-order valence-electron chi connectivity index (χ1n) is 6.16. The fourth-order valence-corrected chi connectivity index (χ4v) is 2.25. The summed E-state index contributed by atoms with van der Waals surface area (Å²) in [4.78, 5) is 14.0. The summed E-state index contributed by atoms with van der Waals surface area (Å²) in [5.74, 6) is 0.0695. The van der Waals surface area contributed by atoms with Crippen LogP contribution >= 0.6 is 0 Å². The van der Waals surface area contributed by atoms with E-state index >= 15 is 0 Å². The average molecular weight is 232 g/mol. The molecular formula is C14H20N2O. The first-order chi connectivity index (χ1) is 8.04. The zero-order valence-electron chi connectivity index (χ0n) is 10.5. The van der Waals surface area contributed by atoms with E-state index in [2.05, 4.69) is 0 Å². The van der Waals surface area contributed by atoms with Crippen LogP contribution in [0.3, 0.4) is 0 Å². The van der Waals surface area contributed by atoms with Crippen molar-refractivity contribution < 1.29 is 4.79 Å². The first-order valence-corrected chi connectivity index (χ1v) is 6.16. The number of hydrogen-bond acceptors (Lipinski definition) is 2. The van der Waals surface area contributed by atoms with E-state index in [1.165, 1.54) is 0 Å². The minimum absolute atomic E-state index is 0.0695. The quantitative estimate of drug-likeness (QED) is 0.867. The van der Waals surface area contributed by atoms with Gasteiger partial charge in [-0.05, 0) is 31.7 Å². The molecular weight excluding hydrogens is 212 g/mol. The van der Waals surface area contributed by atoms with Gasteiger partial charge in [0.15, 0.2) is 0 Å². The highest BCUT2D eigenvalue weighted by Crippen LogP contribution is 2.32. The van der Waals surface area contributed by atoms with Crippen LogP contribution in [0.1, 0.15) is 37.8 Å². The smallest absolute Gasteiger partial charge is 0.242 e. The van der Waals surface area contributed by atoms with Crippen LogP contribution in [0.2, 0.25) is 0 Å². The van der Waals surface area contributed by atoms with Crippen LogP contribution in [-0.2, 0) is 4.79 Å². The molecule has 2 rings (SSSR count). The maximum Gasteiger partial charge on any atom is 0.242 e. The molecule has 0 aromatic heterocycles. The molecule has 1 aliphatic carbocycles. The topological polar surface area (TPSA) is 46.3 Å². The van der Waals surface area contributed by atoms with Crippen molar-refractivity contribution >= 4 is 5.91 Å². The Morgan fingerprint density at radius 1 is 1.35 bits per heavy atom. The highest BCUT2D eigenvalue weighted by molar-refractivity contribution is 5.87. The number of benzene rings is 1. The standard InChI is InChI=1S/C14H20N2O/c1-11(12-7-4-3-5-8-12)16(2)13(17)14(15)9-6-10-14/h3-5,7-8,11H,6,9-10,15H2,1-2H3. The van der Waals surface area contributed by atoms with Gasteiger partial charge in [0.25, 0.3) is 0 Å².